The van der Waals surface area contributed by atoms with Crippen LogP contribution in [0.5, 0.6) is 11.5 Å². The molecule has 172 valence electrons. The van der Waals surface area contributed by atoms with E-state index in [9.17, 15) is 8.42 Å². The van der Waals surface area contributed by atoms with Crippen LogP contribution in [0.3, 0.4) is 0 Å². The molecule has 2 aromatic carbocycles. The number of nitrogen functional groups attached to an aromatic ring is 1. The Bertz CT molecular complexity index is 1440. The van der Waals surface area contributed by atoms with E-state index in [4.69, 9.17) is 27.1 Å². The normalized spacial score (nSPS) is 12.1. The monoisotopic (exact) mass is 483 g/mol. The number of ether oxygens (including phenoxy) is 1. The van der Waals surface area contributed by atoms with E-state index in [0.29, 0.717) is 27.9 Å². The summed E-state index contributed by atoms with van der Waals surface area (Å²) < 4.78 is 33.1. The van der Waals surface area contributed by atoms with Gasteiger partial charge < -0.3 is 10.5 Å². The quantitative estimate of drug-likeness (QED) is 0.346. The highest BCUT2D eigenvalue weighted by Crippen LogP contribution is 2.38. The van der Waals surface area contributed by atoms with Crippen molar-refractivity contribution in [2.45, 2.75) is 43.8 Å². The predicted molar refractivity (Wildman–Crippen MR) is 133 cm³/mol. The Morgan fingerprint density at radius 1 is 1.00 bits per heavy atom. The van der Waals surface area contributed by atoms with Gasteiger partial charge in [-0.2, -0.15) is 0 Å². The lowest BCUT2D eigenvalue weighted by atomic mass is 10.0. The number of benzene rings is 2. The summed E-state index contributed by atoms with van der Waals surface area (Å²) in [6, 6.07) is 15.5. The minimum atomic E-state index is -3.41. The predicted octanol–water partition coefficient (Wildman–Crippen LogP) is 6.33. The summed E-state index contributed by atoms with van der Waals surface area (Å²) in [4.78, 5) is 5.00. The number of imidazole rings is 1. The molecule has 0 aliphatic carbocycles. The summed E-state index contributed by atoms with van der Waals surface area (Å²) in [7, 11) is -3.41. The Morgan fingerprint density at radius 3 is 2.42 bits per heavy atom. The van der Waals surface area contributed by atoms with Crippen molar-refractivity contribution in [3.63, 3.8) is 0 Å². The smallest absolute Gasteiger partial charge is 0.180 e. The topological polar surface area (TPSA) is 86.7 Å². The maximum absolute atomic E-state index is 12.6. The van der Waals surface area contributed by atoms with Crippen LogP contribution < -0.4 is 10.5 Å². The summed E-state index contributed by atoms with van der Waals surface area (Å²) in [5.41, 5.74) is 9.89. The summed E-state index contributed by atoms with van der Waals surface area (Å²) in [6.07, 6.45) is 1.91. The SMILES string of the molecule is CC(C)c1nc2c(N)cccn2c1-c1cc(Oc2cccc(S(=O)(=O)C(C)C)c2)ccc1Cl. The van der Waals surface area contributed by atoms with Gasteiger partial charge in [-0.25, -0.2) is 13.4 Å². The zero-order valence-electron chi connectivity index (χ0n) is 18.9. The molecular formula is C25H26ClN3O3S. The fourth-order valence-electron chi connectivity index (χ4n) is 3.65. The summed E-state index contributed by atoms with van der Waals surface area (Å²) in [5, 5.41) is 0.0246. The molecule has 0 fully saturated rings. The van der Waals surface area contributed by atoms with Gasteiger partial charge in [-0.15, -0.1) is 0 Å². The van der Waals surface area contributed by atoms with Crippen LogP contribution in [-0.2, 0) is 9.84 Å². The number of anilines is 1. The van der Waals surface area contributed by atoms with Gasteiger partial charge in [0.1, 0.15) is 11.5 Å². The number of pyridine rings is 1. The Balaban J connectivity index is 1.80. The van der Waals surface area contributed by atoms with Crippen molar-refractivity contribution in [2.24, 2.45) is 0 Å². The second-order valence-corrected chi connectivity index (χ2v) is 11.4. The molecule has 0 amide bonds. The lowest BCUT2D eigenvalue weighted by molar-refractivity contribution is 0.481. The molecule has 0 aliphatic heterocycles. The first kappa shape index (κ1) is 23.1. The molecule has 0 spiro atoms. The number of rotatable bonds is 6. The molecule has 0 aliphatic rings. The van der Waals surface area contributed by atoms with E-state index in [1.54, 1.807) is 44.2 Å². The van der Waals surface area contributed by atoms with Gasteiger partial charge in [-0.3, -0.25) is 4.40 Å². The molecule has 4 aromatic rings. The average Bonchev–Trinajstić information content (AvgIpc) is 3.16. The van der Waals surface area contributed by atoms with Crippen LogP contribution in [-0.4, -0.2) is 23.1 Å². The molecule has 0 saturated carbocycles. The molecule has 0 unspecified atom stereocenters. The largest absolute Gasteiger partial charge is 0.457 e. The van der Waals surface area contributed by atoms with Crippen LogP contribution >= 0.6 is 11.6 Å². The number of halogens is 1. The number of hydrogen-bond acceptors (Lipinski definition) is 5. The second kappa shape index (κ2) is 8.72. The standard InChI is InChI=1S/C25H26ClN3O3S/c1-15(2)23-24(29-12-6-9-22(27)25(29)28-23)20-14-18(10-11-21(20)26)32-17-7-5-8-19(13-17)33(30,31)16(3)4/h5-16H,27H2,1-4H3. The molecule has 0 radical (unpaired) electrons. The molecule has 0 bridgehead atoms. The minimum Gasteiger partial charge on any atom is -0.457 e. The molecule has 2 N–H and O–H groups in total. The summed E-state index contributed by atoms with van der Waals surface area (Å²) >= 11 is 6.62. The number of fused-ring (bicyclic) bond motifs is 1. The number of sulfone groups is 1. The molecule has 8 heteroatoms. The molecule has 4 rings (SSSR count). The van der Waals surface area contributed by atoms with Gasteiger partial charge in [0.25, 0.3) is 0 Å². The first-order valence-electron chi connectivity index (χ1n) is 10.7. The Hall–Kier alpha value is -3.03. The van der Waals surface area contributed by atoms with Crippen molar-refractivity contribution in [3.8, 4) is 22.8 Å². The molecule has 0 saturated heterocycles. The highest BCUT2D eigenvalue weighted by atomic mass is 35.5. The van der Waals surface area contributed by atoms with Crippen LogP contribution in [0.1, 0.15) is 39.3 Å². The minimum absolute atomic E-state index is 0.137. The van der Waals surface area contributed by atoms with Crippen LogP contribution in [0.2, 0.25) is 5.02 Å². The molecule has 2 aromatic heterocycles. The van der Waals surface area contributed by atoms with Crippen molar-refractivity contribution in [1.82, 2.24) is 9.38 Å². The Morgan fingerprint density at radius 2 is 1.73 bits per heavy atom. The highest BCUT2D eigenvalue weighted by molar-refractivity contribution is 7.92. The van der Waals surface area contributed by atoms with Gasteiger partial charge in [0.05, 0.1) is 32.2 Å². The van der Waals surface area contributed by atoms with Gasteiger partial charge in [-0.1, -0.05) is 31.5 Å². The molecule has 33 heavy (non-hydrogen) atoms. The number of nitrogens with two attached hydrogens (primary N) is 1. The lowest BCUT2D eigenvalue weighted by Gasteiger charge is -2.13. The Kier molecular flexibility index (Phi) is 6.12. The third kappa shape index (κ3) is 4.30. The van der Waals surface area contributed by atoms with Gasteiger partial charge >= 0.3 is 0 Å². The van der Waals surface area contributed by atoms with Gasteiger partial charge in [-0.05, 0) is 68.3 Å². The third-order valence-electron chi connectivity index (χ3n) is 5.44. The second-order valence-electron chi connectivity index (χ2n) is 8.47. The number of hydrogen-bond donors (Lipinski definition) is 1. The van der Waals surface area contributed by atoms with Gasteiger partial charge in [0.2, 0.25) is 0 Å². The van der Waals surface area contributed by atoms with E-state index in [0.717, 1.165) is 17.0 Å². The highest BCUT2D eigenvalue weighted by Gasteiger charge is 2.22. The molecule has 6 nitrogen and oxygen atoms in total. The van der Waals surface area contributed by atoms with Gasteiger partial charge in [0, 0.05) is 11.8 Å². The molecule has 0 atom stereocenters. The van der Waals surface area contributed by atoms with Crippen molar-refractivity contribution in [3.05, 3.63) is 71.5 Å². The summed E-state index contributed by atoms with van der Waals surface area (Å²) in [6.45, 7) is 7.44. The van der Waals surface area contributed by atoms with Crippen molar-refractivity contribution in [2.75, 3.05) is 5.73 Å². The zero-order chi connectivity index (χ0) is 23.9. The van der Waals surface area contributed by atoms with Crippen LogP contribution in [0.4, 0.5) is 5.69 Å². The fourth-order valence-corrected chi connectivity index (χ4v) is 4.95. The van der Waals surface area contributed by atoms with E-state index < -0.39 is 15.1 Å². The zero-order valence-corrected chi connectivity index (χ0v) is 20.5. The van der Waals surface area contributed by atoms with Crippen LogP contribution in [0.15, 0.2) is 65.7 Å². The van der Waals surface area contributed by atoms with Gasteiger partial charge in [0.15, 0.2) is 15.5 Å². The van der Waals surface area contributed by atoms with E-state index in [-0.39, 0.29) is 10.8 Å². The third-order valence-corrected chi connectivity index (χ3v) is 7.92. The van der Waals surface area contributed by atoms with Crippen molar-refractivity contribution >= 4 is 32.8 Å². The average molecular weight is 484 g/mol. The Labute approximate surface area is 198 Å². The van der Waals surface area contributed by atoms with E-state index in [2.05, 4.69) is 13.8 Å². The molecular weight excluding hydrogens is 458 g/mol. The lowest BCUT2D eigenvalue weighted by Crippen LogP contribution is -2.13. The molecule has 2 heterocycles. The fraction of sp³-hybridized carbons (Fsp3) is 0.240. The van der Waals surface area contributed by atoms with Crippen LogP contribution in [0, 0.1) is 0 Å². The van der Waals surface area contributed by atoms with Crippen LogP contribution in [0.25, 0.3) is 16.9 Å². The summed E-state index contributed by atoms with van der Waals surface area (Å²) in [5.74, 6) is 1.09. The van der Waals surface area contributed by atoms with E-state index in [1.807, 2.05) is 28.8 Å². The first-order chi connectivity index (χ1) is 15.6. The maximum Gasteiger partial charge on any atom is 0.180 e. The first-order valence-corrected chi connectivity index (χ1v) is 12.6. The van der Waals surface area contributed by atoms with Crippen molar-refractivity contribution < 1.29 is 13.2 Å². The van der Waals surface area contributed by atoms with E-state index >= 15 is 0 Å². The van der Waals surface area contributed by atoms with Crippen molar-refractivity contribution in [1.29, 1.82) is 0 Å². The maximum atomic E-state index is 12.6. The number of nitrogens with zero attached hydrogens (tertiary/aromatic N) is 2. The van der Waals surface area contributed by atoms with E-state index in [1.165, 1.54) is 6.07 Å². The number of aromatic nitrogens is 2.